The SMILES string of the molecule is Cc1ccc(C(O)CNCCOc2ccc(O)cc2)cc1S(N)(=O)=O. The minimum atomic E-state index is -3.82. The van der Waals surface area contributed by atoms with Crippen LogP contribution in [0.4, 0.5) is 0 Å². The Hall–Kier alpha value is -2.13. The average Bonchev–Trinajstić information content (AvgIpc) is 2.55. The van der Waals surface area contributed by atoms with Gasteiger partial charge < -0.3 is 20.3 Å². The van der Waals surface area contributed by atoms with Crippen LogP contribution in [0.25, 0.3) is 0 Å². The van der Waals surface area contributed by atoms with E-state index in [1.807, 2.05) is 0 Å². The summed E-state index contributed by atoms with van der Waals surface area (Å²) in [5.41, 5.74) is 1.01. The second-order valence-corrected chi connectivity index (χ2v) is 7.16. The van der Waals surface area contributed by atoms with Crippen LogP contribution in [0.1, 0.15) is 17.2 Å². The number of aliphatic hydroxyl groups excluding tert-OH is 1. The summed E-state index contributed by atoms with van der Waals surface area (Å²) < 4.78 is 28.5. The second-order valence-electron chi connectivity index (χ2n) is 5.63. The van der Waals surface area contributed by atoms with Gasteiger partial charge in [-0.2, -0.15) is 0 Å². The number of aliphatic hydroxyl groups is 1. The summed E-state index contributed by atoms with van der Waals surface area (Å²) >= 11 is 0. The molecule has 1 atom stereocenters. The number of nitrogens with two attached hydrogens (primary N) is 1. The van der Waals surface area contributed by atoms with E-state index in [1.165, 1.54) is 18.2 Å². The number of hydrogen-bond donors (Lipinski definition) is 4. The van der Waals surface area contributed by atoms with E-state index in [-0.39, 0.29) is 17.2 Å². The molecule has 8 heteroatoms. The van der Waals surface area contributed by atoms with E-state index >= 15 is 0 Å². The lowest BCUT2D eigenvalue weighted by Gasteiger charge is -2.14. The molecule has 1 unspecified atom stereocenters. The van der Waals surface area contributed by atoms with Crippen molar-refractivity contribution < 1.29 is 23.4 Å². The highest BCUT2D eigenvalue weighted by molar-refractivity contribution is 7.89. The molecule has 0 aromatic heterocycles. The second kappa shape index (κ2) is 8.30. The Morgan fingerprint density at radius 2 is 1.88 bits per heavy atom. The Kier molecular flexibility index (Phi) is 6.38. The molecule has 5 N–H and O–H groups in total. The number of primary sulfonamides is 1. The standard InChI is InChI=1S/C17H22N2O5S/c1-12-2-3-13(10-17(12)25(18,22)23)16(21)11-19-8-9-24-15-6-4-14(20)5-7-15/h2-7,10,16,19-21H,8-9,11H2,1H3,(H2,18,22,23). The normalized spacial score (nSPS) is 12.8. The van der Waals surface area contributed by atoms with Crippen LogP contribution in [-0.2, 0) is 10.0 Å². The summed E-state index contributed by atoms with van der Waals surface area (Å²) in [6, 6.07) is 11.1. The molecule has 0 heterocycles. The molecule has 0 saturated carbocycles. The number of sulfonamides is 1. The van der Waals surface area contributed by atoms with E-state index in [0.29, 0.717) is 30.0 Å². The van der Waals surface area contributed by atoms with Crippen molar-refractivity contribution >= 4 is 10.0 Å². The smallest absolute Gasteiger partial charge is 0.238 e. The van der Waals surface area contributed by atoms with E-state index in [0.717, 1.165) is 0 Å². The summed E-state index contributed by atoms with van der Waals surface area (Å²) in [5, 5.41) is 27.6. The van der Waals surface area contributed by atoms with Crippen LogP contribution < -0.4 is 15.2 Å². The first kappa shape index (κ1) is 19.2. The molecule has 0 amide bonds. The van der Waals surface area contributed by atoms with E-state index in [1.54, 1.807) is 31.2 Å². The number of benzene rings is 2. The van der Waals surface area contributed by atoms with Crippen LogP contribution in [0, 0.1) is 6.92 Å². The Balaban J connectivity index is 1.82. The zero-order valence-electron chi connectivity index (χ0n) is 13.8. The first-order chi connectivity index (χ1) is 11.8. The number of rotatable bonds is 8. The minimum Gasteiger partial charge on any atom is -0.508 e. The number of aromatic hydroxyl groups is 1. The Morgan fingerprint density at radius 1 is 1.20 bits per heavy atom. The summed E-state index contributed by atoms with van der Waals surface area (Å²) in [6.45, 7) is 2.76. The van der Waals surface area contributed by atoms with E-state index in [2.05, 4.69) is 5.32 Å². The minimum absolute atomic E-state index is 0.0136. The van der Waals surface area contributed by atoms with Gasteiger partial charge in [-0.1, -0.05) is 12.1 Å². The molecule has 2 aromatic carbocycles. The molecular weight excluding hydrogens is 344 g/mol. The van der Waals surface area contributed by atoms with Gasteiger partial charge in [-0.25, -0.2) is 13.6 Å². The average molecular weight is 366 g/mol. The van der Waals surface area contributed by atoms with Crippen molar-refractivity contribution in [2.24, 2.45) is 5.14 Å². The highest BCUT2D eigenvalue weighted by Gasteiger charge is 2.15. The number of phenols is 1. The van der Waals surface area contributed by atoms with Crippen LogP contribution in [0.3, 0.4) is 0 Å². The van der Waals surface area contributed by atoms with Gasteiger partial charge in [0.05, 0.1) is 11.0 Å². The molecule has 0 aliphatic rings. The number of ether oxygens (including phenoxy) is 1. The molecule has 2 aromatic rings. The van der Waals surface area contributed by atoms with Gasteiger partial charge in [0.15, 0.2) is 0 Å². The van der Waals surface area contributed by atoms with Crippen molar-refractivity contribution in [3.8, 4) is 11.5 Å². The summed E-state index contributed by atoms with van der Waals surface area (Å²) in [7, 11) is -3.82. The Bertz CT molecular complexity index is 806. The zero-order valence-corrected chi connectivity index (χ0v) is 14.7. The highest BCUT2D eigenvalue weighted by Crippen LogP contribution is 2.20. The van der Waals surface area contributed by atoms with Crippen LogP contribution in [-0.4, -0.2) is 38.3 Å². The lowest BCUT2D eigenvalue weighted by Crippen LogP contribution is -2.26. The van der Waals surface area contributed by atoms with Gasteiger partial charge in [0.1, 0.15) is 18.1 Å². The van der Waals surface area contributed by atoms with Gasteiger partial charge in [-0.05, 0) is 48.4 Å². The van der Waals surface area contributed by atoms with Crippen molar-refractivity contribution in [3.63, 3.8) is 0 Å². The number of hydrogen-bond acceptors (Lipinski definition) is 6. The Labute approximate surface area is 147 Å². The fourth-order valence-electron chi connectivity index (χ4n) is 2.27. The predicted molar refractivity (Wildman–Crippen MR) is 94.0 cm³/mol. The number of nitrogens with one attached hydrogen (secondary N) is 1. The van der Waals surface area contributed by atoms with Crippen LogP contribution in [0.5, 0.6) is 11.5 Å². The number of phenolic OH excluding ortho intramolecular Hbond substituents is 1. The quantitative estimate of drug-likeness (QED) is 0.518. The maximum absolute atomic E-state index is 11.5. The fraction of sp³-hybridized carbons (Fsp3) is 0.294. The molecule has 0 radical (unpaired) electrons. The molecule has 0 aliphatic heterocycles. The van der Waals surface area contributed by atoms with Crippen molar-refractivity contribution in [2.75, 3.05) is 19.7 Å². The molecule has 0 bridgehead atoms. The third-order valence-electron chi connectivity index (χ3n) is 3.63. The molecule has 0 fully saturated rings. The third-order valence-corrected chi connectivity index (χ3v) is 4.68. The fourth-order valence-corrected chi connectivity index (χ4v) is 3.09. The Morgan fingerprint density at radius 3 is 2.52 bits per heavy atom. The molecular formula is C17H22N2O5S. The number of aryl methyl sites for hydroxylation is 1. The summed E-state index contributed by atoms with van der Waals surface area (Å²) in [6.07, 6.45) is -0.866. The predicted octanol–water partition coefficient (Wildman–Crippen LogP) is 1.05. The van der Waals surface area contributed by atoms with E-state index in [4.69, 9.17) is 9.88 Å². The van der Waals surface area contributed by atoms with Crippen molar-refractivity contribution in [3.05, 3.63) is 53.6 Å². The van der Waals surface area contributed by atoms with Gasteiger partial charge in [-0.15, -0.1) is 0 Å². The van der Waals surface area contributed by atoms with Crippen LogP contribution >= 0.6 is 0 Å². The van der Waals surface area contributed by atoms with Crippen molar-refractivity contribution in [2.45, 2.75) is 17.9 Å². The molecule has 0 spiro atoms. The van der Waals surface area contributed by atoms with Gasteiger partial charge >= 0.3 is 0 Å². The van der Waals surface area contributed by atoms with Crippen LogP contribution in [0.15, 0.2) is 47.4 Å². The molecule has 0 aliphatic carbocycles. The molecule has 136 valence electrons. The molecule has 25 heavy (non-hydrogen) atoms. The highest BCUT2D eigenvalue weighted by atomic mass is 32.2. The van der Waals surface area contributed by atoms with Crippen LogP contribution in [0.2, 0.25) is 0 Å². The maximum Gasteiger partial charge on any atom is 0.238 e. The van der Waals surface area contributed by atoms with Gasteiger partial charge in [0, 0.05) is 13.1 Å². The monoisotopic (exact) mass is 366 g/mol. The van der Waals surface area contributed by atoms with Crippen molar-refractivity contribution in [1.82, 2.24) is 5.32 Å². The molecule has 0 saturated heterocycles. The van der Waals surface area contributed by atoms with Gasteiger partial charge in [0.25, 0.3) is 0 Å². The topological polar surface area (TPSA) is 122 Å². The van der Waals surface area contributed by atoms with Crippen molar-refractivity contribution in [1.29, 1.82) is 0 Å². The summed E-state index contributed by atoms with van der Waals surface area (Å²) in [4.78, 5) is 0.0136. The lowest BCUT2D eigenvalue weighted by molar-refractivity contribution is 0.171. The van der Waals surface area contributed by atoms with Gasteiger partial charge in [-0.3, -0.25) is 0 Å². The maximum atomic E-state index is 11.5. The third kappa shape index (κ3) is 5.71. The van der Waals surface area contributed by atoms with E-state index < -0.39 is 16.1 Å². The zero-order chi connectivity index (χ0) is 18.4. The molecule has 7 nitrogen and oxygen atoms in total. The first-order valence-electron chi connectivity index (χ1n) is 7.71. The summed E-state index contributed by atoms with van der Waals surface area (Å²) in [5.74, 6) is 0.807. The van der Waals surface area contributed by atoms with E-state index in [9.17, 15) is 18.6 Å². The molecule has 2 rings (SSSR count). The lowest BCUT2D eigenvalue weighted by atomic mass is 10.1. The van der Waals surface area contributed by atoms with Gasteiger partial charge in [0.2, 0.25) is 10.0 Å². The first-order valence-corrected chi connectivity index (χ1v) is 9.26. The largest absolute Gasteiger partial charge is 0.508 e.